The predicted octanol–water partition coefficient (Wildman–Crippen LogP) is 5.89. The normalized spacial score (nSPS) is 28.2. The zero-order valence-electron chi connectivity index (χ0n) is 22.4. The molecule has 8 heteroatoms. The Morgan fingerprint density at radius 1 is 1.03 bits per heavy atom. The van der Waals surface area contributed by atoms with Crippen LogP contribution in [0.1, 0.15) is 82.2 Å². The van der Waals surface area contributed by atoms with Crippen LogP contribution in [0, 0.1) is 23.7 Å². The zero-order valence-corrected chi connectivity index (χ0v) is 23.2. The lowest BCUT2D eigenvalue weighted by Crippen LogP contribution is -2.43. The standard InChI is InChI=1S/C30H42ClN3O4/c31-24-5-6-25-26(19-24)38-33-28(25)23-10-15-34(16-11-23)14-9-20-1-3-21(4-2-20)27(29(32)35)22-7-12-30(13-8-22)36-17-18-37-30/h5-6,19-23,27H,1-4,7-18H2,(H2,32,35). The van der Waals surface area contributed by atoms with Gasteiger partial charge in [-0.2, -0.15) is 0 Å². The highest BCUT2D eigenvalue weighted by molar-refractivity contribution is 6.31. The highest BCUT2D eigenvalue weighted by Gasteiger charge is 2.45. The van der Waals surface area contributed by atoms with E-state index in [2.05, 4.69) is 10.1 Å². The van der Waals surface area contributed by atoms with E-state index in [9.17, 15) is 4.79 Å². The molecule has 4 aliphatic rings. The van der Waals surface area contributed by atoms with E-state index in [1.54, 1.807) is 0 Å². The van der Waals surface area contributed by atoms with Gasteiger partial charge in [-0.1, -0.05) is 29.6 Å². The van der Waals surface area contributed by atoms with E-state index >= 15 is 0 Å². The van der Waals surface area contributed by atoms with Crippen LogP contribution in [0.2, 0.25) is 5.02 Å². The quantitative estimate of drug-likeness (QED) is 0.468. The SMILES string of the molecule is NC(=O)C(C1CCC(CCN2CCC(c3noc4cc(Cl)ccc34)CC2)CC1)C1CCC2(CC1)OCCO2. The molecule has 2 aliphatic heterocycles. The van der Waals surface area contributed by atoms with Gasteiger partial charge in [0, 0.05) is 41.2 Å². The molecule has 7 nitrogen and oxygen atoms in total. The van der Waals surface area contributed by atoms with Crippen LogP contribution >= 0.6 is 11.6 Å². The molecule has 2 N–H and O–H groups in total. The van der Waals surface area contributed by atoms with Crippen molar-refractivity contribution in [3.63, 3.8) is 0 Å². The van der Waals surface area contributed by atoms with Crippen molar-refractivity contribution in [2.75, 3.05) is 32.8 Å². The van der Waals surface area contributed by atoms with Crippen molar-refractivity contribution in [1.29, 1.82) is 0 Å². The van der Waals surface area contributed by atoms with Crippen molar-refractivity contribution in [2.24, 2.45) is 29.4 Å². The second-order valence-electron chi connectivity index (χ2n) is 12.3. The number of halogens is 1. The maximum absolute atomic E-state index is 12.6. The molecular weight excluding hydrogens is 502 g/mol. The Morgan fingerprint density at radius 2 is 1.71 bits per heavy atom. The number of amides is 1. The van der Waals surface area contributed by atoms with Crippen LogP contribution < -0.4 is 5.73 Å². The van der Waals surface area contributed by atoms with Crippen molar-refractivity contribution in [3.05, 3.63) is 28.9 Å². The molecule has 1 spiro atoms. The maximum Gasteiger partial charge on any atom is 0.221 e. The van der Waals surface area contributed by atoms with E-state index in [-0.39, 0.29) is 17.6 Å². The van der Waals surface area contributed by atoms with Gasteiger partial charge in [0.1, 0.15) is 0 Å². The molecule has 6 rings (SSSR count). The maximum atomic E-state index is 12.6. The smallest absolute Gasteiger partial charge is 0.221 e. The third kappa shape index (κ3) is 5.63. The molecule has 4 fully saturated rings. The summed E-state index contributed by atoms with van der Waals surface area (Å²) in [5, 5.41) is 6.18. The Bertz CT molecular complexity index is 1090. The summed E-state index contributed by atoms with van der Waals surface area (Å²) < 4.78 is 17.3. The number of primary amides is 1. The molecule has 1 amide bonds. The summed E-state index contributed by atoms with van der Waals surface area (Å²) in [6, 6.07) is 5.82. The number of nitrogens with zero attached hydrogens (tertiary/aromatic N) is 2. The van der Waals surface area contributed by atoms with Gasteiger partial charge in [-0.25, -0.2) is 0 Å². The van der Waals surface area contributed by atoms with Gasteiger partial charge >= 0.3 is 0 Å². The van der Waals surface area contributed by atoms with Crippen LogP contribution in [0.25, 0.3) is 11.0 Å². The largest absolute Gasteiger partial charge is 0.369 e. The number of likely N-dealkylation sites (tertiary alicyclic amines) is 1. The summed E-state index contributed by atoms with van der Waals surface area (Å²) in [5.74, 6) is 1.59. The summed E-state index contributed by atoms with van der Waals surface area (Å²) in [4.78, 5) is 15.2. The van der Waals surface area contributed by atoms with E-state index in [0.717, 1.165) is 87.0 Å². The third-order valence-corrected chi connectivity index (χ3v) is 10.4. The number of nitrogens with two attached hydrogens (primary N) is 1. The first kappa shape index (κ1) is 26.5. The highest BCUT2D eigenvalue weighted by Crippen LogP contribution is 2.46. The number of hydrogen-bond acceptors (Lipinski definition) is 6. The molecule has 1 aromatic heterocycles. The van der Waals surface area contributed by atoms with Gasteiger partial charge in [-0.15, -0.1) is 0 Å². The lowest BCUT2D eigenvalue weighted by atomic mass is 9.66. The number of aromatic nitrogens is 1. The Labute approximate surface area is 230 Å². The monoisotopic (exact) mass is 543 g/mol. The first-order valence-corrected chi connectivity index (χ1v) is 15.2. The van der Waals surface area contributed by atoms with Crippen LogP contribution in [0.15, 0.2) is 22.7 Å². The van der Waals surface area contributed by atoms with Crippen LogP contribution in [0.4, 0.5) is 0 Å². The van der Waals surface area contributed by atoms with E-state index in [1.165, 1.54) is 25.8 Å². The van der Waals surface area contributed by atoms with E-state index in [4.69, 9.17) is 31.3 Å². The minimum absolute atomic E-state index is 0.0115. The van der Waals surface area contributed by atoms with Gasteiger partial charge in [0.2, 0.25) is 5.91 Å². The summed E-state index contributed by atoms with van der Waals surface area (Å²) in [7, 11) is 0. The second kappa shape index (κ2) is 11.4. The summed E-state index contributed by atoms with van der Waals surface area (Å²) >= 11 is 6.10. The minimum Gasteiger partial charge on any atom is -0.369 e. The van der Waals surface area contributed by atoms with Crippen molar-refractivity contribution in [3.8, 4) is 0 Å². The van der Waals surface area contributed by atoms with Gasteiger partial charge in [-0.3, -0.25) is 4.79 Å². The Balaban J connectivity index is 0.941. The van der Waals surface area contributed by atoms with Crippen LogP contribution in [0.5, 0.6) is 0 Å². The number of ether oxygens (including phenoxy) is 2. The Kier molecular flexibility index (Phi) is 7.99. The molecular formula is C30H42ClN3O4. The topological polar surface area (TPSA) is 90.8 Å². The van der Waals surface area contributed by atoms with E-state index < -0.39 is 0 Å². The van der Waals surface area contributed by atoms with Crippen LogP contribution in [-0.2, 0) is 14.3 Å². The average Bonchev–Trinajstić information content (AvgIpc) is 3.57. The van der Waals surface area contributed by atoms with Crippen molar-refractivity contribution < 1.29 is 18.8 Å². The van der Waals surface area contributed by atoms with Crippen molar-refractivity contribution in [2.45, 2.75) is 82.3 Å². The molecule has 3 heterocycles. The number of hydrogen-bond donors (Lipinski definition) is 1. The molecule has 2 saturated carbocycles. The first-order chi connectivity index (χ1) is 18.5. The highest BCUT2D eigenvalue weighted by atomic mass is 35.5. The van der Waals surface area contributed by atoms with E-state index in [1.807, 2.05) is 18.2 Å². The predicted molar refractivity (Wildman–Crippen MR) is 147 cm³/mol. The molecule has 208 valence electrons. The minimum atomic E-state index is -0.373. The number of piperidine rings is 1. The van der Waals surface area contributed by atoms with Gasteiger partial charge in [-0.05, 0) is 94.5 Å². The fourth-order valence-corrected chi connectivity index (χ4v) is 8.09. The molecule has 0 bridgehead atoms. The lowest BCUT2D eigenvalue weighted by Gasteiger charge is -2.41. The van der Waals surface area contributed by atoms with Gasteiger partial charge in [0.15, 0.2) is 11.4 Å². The molecule has 2 aliphatic carbocycles. The van der Waals surface area contributed by atoms with Gasteiger partial charge in [0.05, 0.1) is 18.9 Å². The molecule has 1 aromatic carbocycles. The molecule has 1 unspecified atom stereocenters. The fraction of sp³-hybridized carbons (Fsp3) is 0.733. The molecule has 1 atom stereocenters. The molecule has 2 saturated heterocycles. The van der Waals surface area contributed by atoms with E-state index in [0.29, 0.717) is 36.0 Å². The number of fused-ring (bicyclic) bond motifs is 1. The van der Waals surface area contributed by atoms with Crippen molar-refractivity contribution in [1.82, 2.24) is 10.1 Å². The number of benzene rings is 1. The molecule has 2 aromatic rings. The Hall–Kier alpha value is -1.67. The first-order valence-electron chi connectivity index (χ1n) is 14.8. The summed E-state index contributed by atoms with van der Waals surface area (Å²) in [6.07, 6.45) is 12.0. The van der Waals surface area contributed by atoms with Gasteiger partial charge < -0.3 is 24.6 Å². The van der Waals surface area contributed by atoms with Gasteiger partial charge in [0.25, 0.3) is 0 Å². The number of carbonyl (C=O) groups is 1. The van der Waals surface area contributed by atoms with Crippen LogP contribution in [-0.4, -0.2) is 54.6 Å². The van der Waals surface area contributed by atoms with Crippen LogP contribution in [0.3, 0.4) is 0 Å². The number of carbonyl (C=O) groups excluding carboxylic acids is 1. The summed E-state index contributed by atoms with van der Waals surface area (Å²) in [6.45, 7) is 4.78. The average molecular weight is 544 g/mol. The number of rotatable bonds is 7. The molecule has 0 radical (unpaired) electrons. The second-order valence-corrected chi connectivity index (χ2v) is 12.7. The fourth-order valence-electron chi connectivity index (χ4n) is 7.93. The zero-order chi connectivity index (χ0) is 26.1. The Morgan fingerprint density at radius 3 is 2.39 bits per heavy atom. The third-order valence-electron chi connectivity index (χ3n) is 10.1. The molecule has 38 heavy (non-hydrogen) atoms. The summed E-state index contributed by atoms with van der Waals surface area (Å²) in [5.41, 5.74) is 7.87. The lowest BCUT2D eigenvalue weighted by molar-refractivity contribution is -0.186. The van der Waals surface area contributed by atoms with Crippen molar-refractivity contribution >= 4 is 28.5 Å².